The molecule has 0 saturated heterocycles. The van der Waals surface area contributed by atoms with E-state index < -0.39 is 4.92 Å². The Morgan fingerprint density at radius 2 is 2.22 bits per heavy atom. The van der Waals surface area contributed by atoms with Crippen LogP contribution in [-0.4, -0.2) is 23.9 Å². The van der Waals surface area contributed by atoms with Gasteiger partial charge in [0.1, 0.15) is 0 Å². The van der Waals surface area contributed by atoms with Gasteiger partial charge in [0.15, 0.2) is 0 Å². The fourth-order valence-electron chi connectivity index (χ4n) is 1.33. The van der Waals surface area contributed by atoms with Gasteiger partial charge < -0.3 is 10.6 Å². The Balaban J connectivity index is 2.60. The summed E-state index contributed by atoms with van der Waals surface area (Å²) < 4.78 is 0.344. The molecule has 7 heteroatoms. The molecule has 0 atom stereocenters. The summed E-state index contributed by atoms with van der Waals surface area (Å²) in [7, 11) is 0. The summed E-state index contributed by atoms with van der Waals surface area (Å²) >= 11 is 3.10. The lowest BCUT2D eigenvalue weighted by atomic mass is 10.2. The van der Waals surface area contributed by atoms with Crippen molar-refractivity contribution in [2.45, 2.75) is 13.3 Å². The molecule has 0 aromatic heterocycles. The van der Waals surface area contributed by atoms with Crippen LogP contribution < -0.4 is 10.6 Å². The summed E-state index contributed by atoms with van der Waals surface area (Å²) in [4.78, 5) is 21.6. The van der Waals surface area contributed by atoms with Gasteiger partial charge in [-0.05, 0) is 34.6 Å². The molecule has 1 aromatic rings. The van der Waals surface area contributed by atoms with E-state index in [4.69, 9.17) is 0 Å². The molecule has 0 fully saturated rings. The molecule has 0 aliphatic rings. The highest BCUT2D eigenvalue weighted by atomic mass is 79.9. The smallest absolute Gasteiger partial charge is 0.283 e. The van der Waals surface area contributed by atoms with Crippen molar-refractivity contribution in [2.24, 2.45) is 0 Å². The first-order valence-corrected chi connectivity index (χ1v) is 6.28. The van der Waals surface area contributed by atoms with Gasteiger partial charge in [-0.3, -0.25) is 14.9 Å². The molecule has 0 radical (unpaired) electrons. The number of nitrogens with one attached hydrogen (secondary N) is 2. The zero-order chi connectivity index (χ0) is 13.5. The van der Waals surface area contributed by atoms with Crippen LogP contribution >= 0.6 is 15.9 Å². The molecule has 0 unspecified atom stereocenters. The highest BCUT2D eigenvalue weighted by molar-refractivity contribution is 9.10. The van der Waals surface area contributed by atoms with Gasteiger partial charge >= 0.3 is 0 Å². The Kier molecular flexibility index (Phi) is 5.73. The summed E-state index contributed by atoms with van der Waals surface area (Å²) in [5, 5.41) is 16.3. The van der Waals surface area contributed by atoms with Gasteiger partial charge in [0.05, 0.1) is 9.40 Å². The molecule has 0 aliphatic heterocycles. The van der Waals surface area contributed by atoms with E-state index in [0.717, 1.165) is 6.54 Å². The lowest BCUT2D eigenvalue weighted by Crippen LogP contribution is -2.21. The maximum absolute atomic E-state index is 11.5. The predicted molar refractivity (Wildman–Crippen MR) is 72.6 cm³/mol. The van der Waals surface area contributed by atoms with Crippen molar-refractivity contribution in [2.75, 3.05) is 18.4 Å². The van der Waals surface area contributed by atoms with Crippen LogP contribution in [0.25, 0.3) is 0 Å². The molecule has 18 heavy (non-hydrogen) atoms. The summed E-state index contributed by atoms with van der Waals surface area (Å²) in [5.74, 6) is -0.128. The van der Waals surface area contributed by atoms with Crippen LogP contribution in [0.4, 0.5) is 11.4 Å². The molecule has 1 aromatic carbocycles. The van der Waals surface area contributed by atoms with Crippen molar-refractivity contribution >= 4 is 33.2 Å². The van der Waals surface area contributed by atoms with E-state index in [2.05, 4.69) is 26.6 Å². The highest BCUT2D eigenvalue weighted by Gasteiger charge is 2.12. The zero-order valence-electron chi connectivity index (χ0n) is 9.90. The standard InChI is InChI=1S/C11H14BrN3O3/c1-2-13-6-5-11(16)14-8-3-4-10(15(17)18)9(12)7-8/h3-4,7,13H,2,5-6H2,1H3,(H,14,16). The number of carbonyl (C=O) groups excluding carboxylic acids is 1. The summed E-state index contributed by atoms with van der Waals surface area (Å²) in [6.45, 7) is 3.39. The van der Waals surface area contributed by atoms with Crippen molar-refractivity contribution in [1.82, 2.24) is 5.32 Å². The minimum Gasteiger partial charge on any atom is -0.326 e. The van der Waals surface area contributed by atoms with E-state index in [-0.39, 0.29) is 11.6 Å². The zero-order valence-corrected chi connectivity index (χ0v) is 11.5. The number of benzene rings is 1. The van der Waals surface area contributed by atoms with Crippen molar-refractivity contribution in [1.29, 1.82) is 0 Å². The number of amides is 1. The lowest BCUT2D eigenvalue weighted by Gasteiger charge is -2.06. The van der Waals surface area contributed by atoms with Crippen LogP contribution in [0.2, 0.25) is 0 Å². The van der Waals surface area contributed by atoms with E-state index in [1.807, 2.05) is 6.92 Å². The van der Waals surface area contributed by atoms with Gasteiger partial charge in [-0.25, -0.2) is 0 Å². The number of anilines is 1. The Labute approximate surface area is 113 Å². The summed E-state index contributed by atoms with van der Waals surface area (Å²) in [5.41, 5.74) is 0.509. The number of halogens is 1. The maximum atomic E-state index is 11.5. The normalized spacial score (nSPS) is 10.1. The lowest BCUT2D eigenvalue weighted by molar-refractivity contribution is -0.385. The van der Waals surface area contributed by atoms with E-state index in [9.17, 15) is 14.9 Å². The number of hydrogen-bond acceptors (Lipinski definition) is 4. The molecule has 2 N–H and O–H groups in total. The van der Waals surface area contributed by atoms with Crippen LogP contribution in [-0.2, 0) is 4.79 Å². The van der Waals surface area contributed by atoms with E-state index >= 15 is 0 Å². The molecule has 1 rings (SSSR count). The fraction of sp³-hybridized carbons (Fsp3) is 0.364. The summed E-state index contributed by atoms with van der Waals surface area (Å²) in [6.07, 6.45) is 0.364. The molecule has 0 spiro atoms. The summed E-state index contributed by atoms with van der Waals surface area (Å²) in [6, 6.07) is 4.38. The number of nitro groups is 1. The number of nitrogens with zero attached hydrogens (tertiary/aromatic N) is 1. The molecule has 0 bridgehead atoms. The van der Waals surface area contributed by atoms with Crippen molar-refractivity contribution in [3.05, 3.63) is 32.8 Å². The molecule has 0 heterocycles. The minimum absolute atomic E-state index is 0.0272. The molecule has 1 amide bonds. The molecule has 0 saturated carbocycles. The first-order valence-electron chi connectivity index (χ1n) is 5.49. The van der Waals surface area contributed by atoms with Crippen molar-refractivity contribution in [3.8, 4) is 0 Å². The van der Waals surface area contributed by atoms with Crippen LogP contribution in [0, 0.1) is 10.1 Å². The monoisotopic (exact) mass is 315 g/mol. The number of hydrogen-bond donors (Lipinski definition) is 2. The second kappa shape index (κ2) is 7.07. The predicted octanol–water partition coefficient (Wildman–Crippen LogP) is 2.30. The maximum Gasteiger partial charge on any atom is 0.283 e. The number of rotatable bonds is 6. The average molecular weight is 316 g/mol. The topological polar surface area (TPSA) is 84.3 Å². The first-order chi connectivity index (χ1) is 8.54. The van der Waals surface area contributed by atoms with Crippen molar-refractivity contribution < 1.29 is 9.72 Å². The fourth-order valence-corrected chi connectivity index (χ4v) is 1.86. The van der Waals surface area contributed by atoms with Gasteiger partial charge in [0, 0.05) is 24.7 Å². The van der Waals surface area contributed by atoms with Crippen molar-refractivity contribution in [3.63, 3.8) is 0 Å². The highest BCUT2D eigenvalue weighted by Crippen LogP contribution is 2.27. The van der Waals surface area contributed by atoms with Crippen LogP contribution in [0.15, 0.2) is 22.7 Å². The molecular weight excluding hydrogens is 302 g/mol. The third kappa shape index (κ3) is 4.42. The number of carbonyl (C=O) groups is 1. The molecular formula is C11H14BrN3O3. The molecule has 98 valence electrons. The third-order valence-corrected chi connectivity index (χ3v) is 2.84. The van der Waals surface area contributed by atoms with Gasteiger partial charge in [-0.15, -0.1) is 0 Å². The second-order valence-corrected chi connectivity index (χ2v) is 4.43. The molecule has 0 aliphatic carbocycles. The average Bonchev–Trinajstić information content (AvgIpc) is 2.28. The van der Waals surface area contributed by atoms with Crippen LogP contribution in [0.1, 0.15) is 13.3 Å². The minimum atomic E-state index is -0.485. The quantitative estimate of drug-likeness (QED) is 0.479. The van der Waals surface area contributed by atoms with E-state index in [1.165, 1.54) is 18.2 Å². The SMILES string of the molecule is CCNCCC(=O)Nc1ccc([N+](=O)[O-])c(Br)c1. The Morgan fingerprint density at radius 1 is 1.50 bits per heavy atom. The Hall–Kier alpha value is -1.47. The van der Waals surface area contributed by atoms with Gasteiger partial charge in [-0.1, -0.05) is 6.92 Å². The van der Waals surface area contributed by atoms with Gasteiger partial charge in [0.25, 0.3) is 5.69 Å². The van der Waals surface area contributed by atoms with E-state index in [0.29, 0.717) is 23.1 Å². The third-order valence-electron chi connectivity index (χ3n) is 2.21. The van der Waals surface area contributed by atoms with Gasteiger partial charge in [0.2, 0.25) is 5.91 Å². The Bertz CT molecular complexity index is 451. The largest absolute Gasteiger partial charge is 0.326 e. The number of nitro benzene ring substituents is 1. The van der Waals surface area contributed by atoms with Crippen LogP contribution in [0.5, 0.6) is 0 Å². The van der Waals surface area contributed by atoms with E-state index in [1.54, 1.807) is 0 Å². The molecule has 6 nitrogen and oxygen atoms in total. The Morgan fingerprint density at radius 3 is 2.78 bits per heavy atom. The second-order valence-electron chi connectivity index (χ2n) is 3.58. The first kappa shape index (κ1) is 14.6. The van der Waals surface area contributed by atoms with Gasteiger partial charge in [-0.2, -0.15) is 0 Å². The van der Waals surface area contributed by atoms with Crippen LogP contribution in [0.3, 0.4) is 0 Å².